The van der Waals surface area contributed by atoms with Crippen molar-refractivity contribution in [2.24, 2.45) is 10.7 Å². The quantitative estimate of drug-likeness (QED) is 0.317. The number of benzene rings is 1. The highest BCUT2D eigenvalue weighted by atomic mass is 79.9. The minimum absolute atomic E-state index is 0.141. The van der Waals surface area contributed by atoms with Crippen LogP contribution in [0.1, 0.15) is 18.2 Å². The summed E-state index contributed by atoms with van der Waals surface area (Å²) in [6.07, 6.45) is 0.0920. The molecule has 0 bridgehead atoms. The third-order valence-corrected chi connectivity index (χ3v) is 4.69. The number of aliphatic imine (C=N–C) groups is 1. The van der Waals surface area contributed by atoms with Crippen LogP contribution in [0.15, 0.2) is 33.0 Å². The SMILES string of the molecule is CC(=O)Nc1nc(CCc2ccc(NC=NC(=O)O)cc2)c(Br)s1.NC(=O)O. The van der Waals surface area contributed by atoms with E-state index in [4.69, 9.17) is 15.0 Å². The molecule has 2 aromatic rings. The van der Waals surface area contributed by atoms with Crippen LogP contribution in [0.25, 0.3) is 0 Å². The first-order chi connectivity index (χ1) is 13.2. The van der Waals surface area contributed by atoms with Gasteiger partial charge in [0.1, 0.15) is 0 Å². The van der Waals surface area contributed by atoms with E-state index in [1.54, 1.807) is 0 Å². The lowest BCUT2D eigenvalue weighted by molar-refractivity contribution is -0.114. The van der Waals surface area contributed by atoms with Gasteiger partial charge in [-0.25, -0.2) is 14.6 Å². The van der Waals surface area contributed by atoms with Gasteiger partial charge in [0.15, 0.2) is 5.13 Å². The molecule has 1 aromatic heterocycles. The van der Waals surface area contributed by atoms with Crippen LogP contribution in [0.2, 0.25) is 0 Å². The number of hydrogen-bond donors (Lipinski definition) is 5. The molecular weight excluding hydrogens is 454 g/mol. The minimum Gasteiger partial charge on any atom is -0.465 e. The largest absolute Gasteiger partial charge is 0.465 e. The second kappa shape index (κ2) is 11.7. The number of nitrogens with two attached hydrogens (primary N) is 1. The van der Waals surface area contributed by atoms with Gasteiger partial charge in [0.05, 0.1) is 15.8 Å². The average Bonchev–Trinajstić information content (AvgIpc) is 2.92. The zero-order valence-electron chi connectivity index (χ0n) is 14.7. The minimum atomic E-state index is -1.33. The summed E-state index contributed by atoms with van der Waals surface area (Å²) < 4.78 is 0.911. The molecule has 0 saturated heterocycles. The number of nitrogens with zero attached hydrogens (tertiary/aromatic N) is 2. The first kappa shape index (κ1) is 23.0. The van der Waals surface area contributed by atoms with E-state index in [-0.39, 0.29) is 5.91 Å². The number of halogens is 1. The number of nitrogens with one attached hydrogen (secondary N) is 2. The highest BCUT2D eigenvalue weighted by Crippen LogP contribution is 2.29. The van der Waals surface area contributed by atoms with Crippen LogP contribution in [0.4, 0.5) is 20.4 Å². The van der Waals surface area contributed by atoms with Gasteiger partial charge in [-0.2, -0.15) is 4.99 Å². The van der Waals surface area contributed by atoms with E-state index in [9.17, 15) is 9.59 Å². The van der Waals surface area contributed by atoms with E-state index in [1.165, 1.54) is 18.3 Å². The van der Waals surface area contributed by atoms with Crippen LogP contribution in [0.5, 0.6) is 0 Å². The van der Waals surface area contributed by atoms with Gasteiger partial charge < -0.3 is 26.6 Å². The molecule has 150 valence electrons. The lowest BCUT2D eigenvalue weighted by Crippen LogP contribution is -2.05. The van der Waals surface area contributed by atoms with Gasteiger partial charge in [-0.05, 0) is 46.5 Å². The zero-order valence-corrected chi connectivity index (χ0v) is 17.1. The molecule has 12 heteroatoms. The van der Waals surface area contributed by atoms with Crippen LogP contribution < -0.4 is 16.4 Å². The van der Waals surface area contributed by atoms with Gasteiger partial charge in [-0.1, -0.05) is 23.5 Å². The summed E-state index contributed by atoms with van der Waals surface area (Å²) >= 11 is 4.86. The van der Waals surface area contributed by atoms with Crippen molar-refractivity contribution in [3.8, 4) is 0 Å². The fourth-order valence-electron chi connectivity index (χ4n) is 1.88. The summed E-state index contributed by atoms with van der Waals surface area (Å²) in [6, 6.07) is 7.60. The van der Waals surface area contributed by atoms with E-state index in [0.717, 1.165) is 39.9 Å². The number of amides is 3. The van der Waals surface area contributed by atoms with Crippen LogP contribution in [0, 0.1) is 0 Å². The van der Waals surface area contributed by atoms with Gasteiger partial charge in [-0.3, -0.25) is 4.79 Å². The van der Waals surface area contributed by atoms with Crippen LogP contribution in [0.3, 0.4) is 0 Å². The summed E-state index contributed by atoms with van der Waals surface area (Å²) in [5.41, 5.74) is 6.81. The summed E-state index contributed by atoms with van der Waals surface area (Å²) in [6.45, 7) is 1.45. The predicted molar refractivity (Wildman–Crippen MR) is 110 cm³/mol. The predicted octanol–water partition coefficient (Wildman–Crippen LogP) is 3.39. The van der Waals surface area contributed by atoms with Gasteiger partial charge in [0, 0.05) is 12.6 Å². The van der Waals surface area contributed by atoms with Gasteiger partial charge in [-0.15, -0.1) is 0 Å². The molecule has 3 amide bonds. The second-order valence-corrected chi connectivity index (χ2v) is 7.46. The van der Waals surface area contributed by atoms with Crippen molar-refractivity contribution in [3.05, 3.63) is 39.3 Å². The number of carbonyl (C=O) groups excluding carboxylic acids is 1. The van der Waals surface area contributed by atoms with Gasteiger partial charge in [0.25, 0.3) is 0 Å². The zero-order chi connectivity index (χ0) is 21.1. The Hall–Kier alpha value is -2.99. The lowest BCUT2D eigenvalue weighted by Gasteiger charge is -2.03. The summed E-state index contributed by atoms with van der Waals surface area (Å²) in [5, 5.41) is 21.6. The number of hydrogen-bond acceptors (Lipinski definition) is 5. The van der Waals surface area contributed by atoms with Crippen molar-refractivity contribution in [2.45, 2.75) is 19.8 Å². The highest BCUT2D eigenvalue weighted by Gasteiger charge is 2.10. The average molecular weight is 472 g/mol. The van der Waals surface area contributed by atoms with E-state index in [2.05, 4.69) is 42.3 Å². The molecule has 0 spiro atoms. The van der Waals surface area contributed by atoms with Gasteiger partial charge in [0.2, 0.25) is 5.91 Å². The Morgan fingerprint density at radius 2 is 1.86 bits per heavy atom. The molecule has 0 radical (unpaired) electrons. The maximum Gasteiger partial charge on any atom is 0.432 e. The Kier molecular flexibility index (Phi) is 9.60. The van der Waals surface area contributed by atoms with Gasteiger partial charge >= 0.3 is 12.2 Å². The molecular formula is C16H18BrN5O5S. The van der Waals surface area contributed by atoms with Crippen LogP contribution in [-0.4, -0.2) is 39.6 Å². The maximum absolute atomic E-state index is 11.0. The number of anilines is 2. The third kappa shape index (κ3) is 9.64. The number of carbonyl (C=O) groups is 3. The van der Waals surface area contributed by atoms with Crippen molar-refractivity contribution < 1.29 is 24.6 Å². The fraction of sp³-hybridized carbons (Fsp3) is 0.188. The smallest absolute Gasteiger partial charge is 0.432 e. The fourth-order valence-corrected chi connectivity index (χ4v) is 3.42. The number of aromatic nitrogens is 1. The van der Waals surface area contributed by atoms with Crippen molar-refractivity contribution in [3.63, 3.8) is 0 Å². The third-order valence-electron chi connectivity index (χ3n) is 2.94. The Labute approximate surface area is 172 Å². The first-order valence-corrected chi connectivity index (χ1v) is 9.30. The molecule has 2 rings (SSSR count). The topological polar surface area (TPSA) is 167 Å². The molecule has 0 aliphatic rings. The molecule has 0 atom stereocenters. The molecule has 0 fully saturated rings. The number of primary amides is 1. The standard InChI is InChI=1S/C15H15BrN4O3S.CH3NO2/c1-9(21)19-14-20-12(13(16)24-14)7-4-10-2-5-11(6-3-10)17-8-18-15(22)23;2-1(3)4/h2-3,5-6,8H,4,7H2,1H3,(H,17,18)(H,22,23)(H,19,20,21);2H2,(H,3,4). The van der Waals surface area contributed by atoms with Crippen molar-refractivity contribution >= 4 is 62.5 Å². The number of aryl methyl sites for hydroxylation is 2. The Balaban J connectivity index is 0.000000892. The van der Waals surface area contributed by atoms with Crippen LogP contribution in [-0.2, 0) is 17.6 Å². The van der Waals surface area contributed by atoms with E-state index in [0.29, 0.717) is 5.13 Å². The number of carboxylic acid groups (broad SMARTS) is 2. The second-order valence-electron chi connectivity index (χ2n) is 5.14. The maximum atomic E-state index is 11.0. The molecule has 28 heavy (non-hydrogen) atoms. The first-order valence-electron chi connectivity index (χ1n) is 7.69. The monoisotopic (exact) mass is 471 g/mol. The molecule has 0 aliphatic carbocycles. The Morgan fingerprint density at radius 3 is 2.39 bits per heavy atom. The molecule has 1 aromatic carbocycles. The molecule has 6 N–H and O–H groups in total. The lowest BCUT2D eigenvalue weighted by atomic mass is 10.1. The van der Waals surface area contributed by atoms with Crippen molar-refractivity contribution in [1.82, 2.24) is 4.98 Å². The molecule has 10 nitrogen and oxygen atoms in total. The van der Waals surface area contributed by atoms with Crippen molar-refractivity contribution in [2.75, 3.05) is 10.6 Å². The van der Waals surface area contributed by atoms with Crippen LogP contribution >= 0.6 is 27.3 Å². The van der Waals surface area contributed by atoms with E-state index >= 15 is 0 Å². The molecule has 0 saturated carbocycles. The Morgan fingerprint density at radius 1 is 1.25 bits per heavy atom. The summed E-state index contributed by atoms with van der Waals surface area (Å²) in [4.78, 5) is 37.7. The molecule has 0 unspecified atom stereocenters. The highest BCUT2D eigenvalue weighted by molar-refractivity contribution is 9.11. The molecule has 1 heterocycles. The molecule has 0 aliphatic heterocycles. The number of thiazole rings is 1. The van der Waals surface area contributed by atoms with Crippen molar-refractivity contribution in [1.29, 1.82) is 0 Å². The van der Waals surface area contributed by atoms with E-state index in [1.807, 2.05) is 24.3 Å². The number of rotatable bonds is 6. The Bertz CT molecular complexity index is 850. The summed E-state index contributed by atoms with van der Waals surface area (Å²) in [7, 11) is 0. The summed E-state index contributed by atoms with van der Waals surface area (Å²) in [5.74, 6) is -0.141. The van der Waals surface area contributed by atoms with E-state index < -0.39 is 12.2 Å². The normalized spacial score (nSPS) is 10.1.